The van der Waals surface area contributed by atoms with Gasteiger partial charge in [-0.25, -0.2) is 0 Å². The number of carbonyl (C=O) groups is 1. The molecule has 0 radical (unpaired) electrons. The molecule has 0 unspecified atom stereocenters. The Morgan fingerprint density at radius 2 is 1.85 bits per heavy atom. The third kappa shape index (κ3) is 2.88. The molecule has 1 aromatic heterocycles. The van der Waals surface area contributed by atoms with Crippen LogP contribution in [-0.4, -0.2) is 29.1 Å². The molecule has 3 rings (SSSR count). The molecule has 4 nitrogen and oxygen atoms in total. The fourth-order valence-corrected chi connectivity index (χ4v) is 2.68. The molecule has 0 spiro atoms. The first-order valence-electron chi connectivity index (χ1n) is 6.59. The fourth-order valence-electron chi connectivity index (χ4n) is 2.28. The molecule has 1 aliphatic heterocycles. The highest BCUT2D eigenvalue weighted by Crippen LogP contribution is 2.22. The average Bonchev–Trinajstić information content (AvgIpc) is 2.48. The van der Waals surface area contributed by atoms with Crippen molar-refractivity contribution in [2.75, 3.05) is 18.0 Å². The molecule has 0 atom stereocenters. The summed E-state index contributed by atoms with van der Waals surface area (Å²) in [6.45, 7) is 1.48. The summed E-state index contributed by atoms with van der Waals surface area (Å²) in [5, 5.41) is 8.57. The zero-order valence-electron chi connectivity index (χ0n) is 10.9. The van der Waals surface area contributed by atoms with Crippen LogP contribution < -0.4 is 4.90 Å². The lowest BCUT2D eigenvalue weighted by Gasteiger charge is -2.26. The first-order valence-corrected chi connectivity index (χ1v) is 7.38. The van der Waals surface area contributed by atoms with E-state index < -0.39 is 0 Å². The third-order valence-electron chi connectivity index (χ3n) is 3.42. The summed E-state index contributed by atoms with van der Waals surface area (Å²) in [6.07, 6.45) is 1.21. The van der Waals surface area contributed by atoms with Crippen LogP contribution >= 0.6 is 15.9 Å². The molecule has 0 aliphatic carbocycles. The fraction of sp³-hybridized carbons (Fsp3) is 0.267. The second-order valence-corrected chi connectivity index (χ2v) is 5.73. The largest absolute Gasteiger partial charge is 0.354 e. The van der Waals surface area contributed by atoms with E-state index in [9.17, 15) is 4.79 Å². The molecule has 0 saturated carbocycles. The predicted molar refractivity (Wildman–Crippen MR) is 81.6 cm³/mol. The molecule has 0 bridgehead atoms. The number of hydrogen-bond donors (Lipinski definition) is 0. The number of Topliss-reactive ketones (excluding diaryl/α,β-unsaturated/α-hetero) is 1. The van der Waals surface area contributed by atoms with Gasteiger partial charge in [-0.15, -0.1) is 10.2 Å². The van der Waals surface area contributed by atoms with Gasteiger partial charge in [0.15, 0.2) is 5.82 Å². The van der Waals surface area contributed by atoms with Gasteiger partial charge in [0.05, 0.1) is 5.69 Å². The zero-order valence-corrected chi connectivity index (χ0v) is 12.5. The highest BCUT2D eigenvalue weighted by atomic mass is 79.9. The molecule has 0 amide bonds. The average molecular weight is 332 g/mol. The lowest BCUT2D eigenvalue weighted by molar-refractivity contribution is -0.119. The molecule has 102 valence electrons. The van der Waals surface area contributed by atoms with Crippen molar-refractivity contribution < 1.29 is 4.79 Å². The van der Waals surface area contributed by atoms with E-state index >= 15 is 0 Å². The van der Waals surface area contributed by atoms with Crippen molar-refractivity contribution >= 4 is 27.5 Å². The minimum Gasteiger partial charge on any atom is -0.354 e. The summed E-state index contributed by atoms with van der Waals surface area (Å²) >= 11 is 3.45. The lowest BCUT2D eigenvalue weighted by atomic mass is 10.1. The lowest BCUT2D eigenvalue weighted by Crippen LogP contribution is -2.34. The summed E-state index contributed by atoms with van der Waals surface area (Å²) in [4.78, 5) is 13.4. The van der Waals surface area contributed by atoms with Gasteiger partial charge >= 0.3 is 0 Å². The first kappa shape index (κ1) is 13.2. The Kier molecular flexibility index (Phi) is 3.78. The maximum Gasteiger partial charge on any atom is 0.151 e. The molecule has 5 heteroatoms. The van der Waals surface area contributed by atoms with Crippen LogP contribution in [0.2, 0.25) is 0 Å². The van der Waals surface area contributed by atoms with E-state index in [0.29, 0.717) is 18.6 Å². The van der Waals surface area contributed by atoms with Crippen molar-refractivity contribution in [2.45, 2.75) is 12.8 Å². The number of rotatable bonds is 2. The second kappa shape index (κ2) is 5.71. The number of piperidine rings is 1. The van der Waals surface area contributed by atoms with E-state index in [0.717, 1.165) is 34.6 Å². The van der Waals surface area contributed by atoms with Crippen molar-refractivity contribution in [1.82, 2.24) is 10.2 Å². The molecular weight excluding hydrogens is 318 g/mol. The summed E-state index contributed by atoms with van der Waals surface area (Å²) in [5.74, 6) is 1.18. The zero-order chi connectivity index (χ0) is 13.9. The van der Waals surface area contributed by atoms with Gasteiger partial charge in [-0.1, -0.05) is 28.1 Å². The molecule has 0 N–H and O–H groups in total. The number of benzene rings is 1. The van der Waals surface area contributed by atoms with Crippen LogP contribution in [0, 0.1) is 0 Å². The molecule has 20 heavy (non-hydrogen) atoms. The molecular formula is C15H14BrN3O. The van der Waals surface area contributed by atoms with Gasteiger partial charge in [-0.3, -0.25) is 4.79 Å². The molecule has 2 heterocycles. The van der Waals surface area contributed by atoms with Crippen LogP contribution in [0.3, 0.4) is 0 Å². The molecule has 1 aliphatic rings. The van der Waals surface area contributed by atoms with Gasteiger partial charge in [0.2, 0.25) is 0 Å². The number of carbonyl (C=O) groups excluding carboxylic acids is 1. The van der Waals surface area contributed by atoms with Crippen LogP contribution in [0.25, 0.3) is 11.3 Å². The Hall–Kier alpha value is -1.75. The van der Waals surface area contributed by atoms with E-state index in [1.165, 1.54) is 0 Å². The Labute approximate surface area is 126 Å². The normalized spacial score (nSPS) is 15.4. The predicted octanol–water partition coefficient (Wildman–Crippen LogP) is 3.08. The summed E-state index contributed by atoms with van der Waals surface area (Å²) in [5.41, 5.74) is 1.88. The maximum atomic E-state index is 11.2. The van der Waals surface area contributed by atoms with E-state index in [1.807, 2.05) is 36.4 Å². The quantitative estimate of drug-likeness (QED) is 0.848. The molecule has 1 saturated heterocycles. The van der Waals surface area contributed by atoms with Crippen molar-refractivity contribution in [3.8, 4) is 11.3 Å². The SMILES string of the molecule is O=C1CCN(c2ccc(-c3cccc(Br)c3)nn2)CC1. The Morgan fingerprint density at radius 1 is 1.05 bits per heavy atom. The second-order valence-electron chi connectivity index (χ2n) is 4.81. The number of halogens is 1. The van der Waals surface area contributed by atoms with Gasteiger partial charge in [0.1, 0.15) is 5.78 Å². The van der Waals surface area contributed by atoms with Gasteiger partial charge in [0, 0.05) is 36.0 Å². The van der Waals surface area contributed by atoms with Crippen molar-refractivity contribution in [3.05, 3.63) is 40.9 Å². The molecule has 1 fully saturated rings. The number of ketones is 1. The van der Waals surface area contributed by atoms with Crippen molar-refractivity contribution in [2.24, 2.45) is 0 Å². The van der Waals surface area contributed by atoms with Gasteiger partial charge < -0.3 is 4.90 Å². The molecule has 2 aromatic rings. The Morgan fingerprint density at radius 3 is 2.50 bits per heavy atom. The van der Waals surface area contributed by atoms with Crippen LogP contribution in [0.4, 0.5) is 5.82 Å². The summed E-state index contributed by atoms with van der Waals surface area (Å²) in [6, 6.07) is 11.9. The van der Waals surface area contributed by atoms with Gasteiger partial charge in [0.25, 0.3) is 0 Å². The third-order valence-corrected chi connectivity index (χ3v) is 3.91. The Bertz CT molecular complexity index is 617. The smallest absolute Gasteiger partial charge is 0.151 e. The minimum absolute atomic E-state index is 0.333. The minimum atomic E-state index is 0.333. The van der Waals surface area contributed by atoms with Crippen LogP contribution in [-0.2, 0) is 4.79 Å². The van der Waals surface area contributed by atoms with E-state index in [-0.39, 0.29) is 0 Å². The van der Waals surface area contributed by atoms with Gasteiger partial charge in [-0.2, -0.15) is 0 Å². The van der Waals surface area contributed by atoms with Gasteiger partial charge in [-0.05, 0) is 24.3 Å². The number of anilines is 1. The van der Waals surface area contributed by atoms with Crippen LogP contribution in [0.1, 0.15) is 12.8 Å². The van der Waals surface area contributed by atoms with Crippen molar-refractivity contribution in [1.29, 1.82) is 0 Å². The number of hydrogen-bond acceptors (Lipinski definition) is 4. The summed E-state index contributed by atoms with van der Waals surface area (Å²) in [7, 11) is 0. The van der Waals surface area contributed by atoms with Crippen LogP contribution in [0.5, 0.6) is 0 Å². The van der Waals surface area contributed by atoms with Crippen LogP contribution in [0.15, 0.2) is 40.9 Å². The number of nitrogens with zero attached hydrogens (tertiary/aromatic N) is 3. The first-order chi connectivity index (χ1) is 9.72. The molecule has 1 aromatic carbocycles. The van der Waals surface area contributed by atoms with E-state index in [2.05, 4.69) is 31.0 Å². The van der Waals surface area contributed by atoms with E-state index in [4.69, 9.17) is 0 Å². The Balaban J connectivity index is 1.79. The highest BCUT2D eigenvalue weighted by molar-refractivity contribution is 9.10. The van der Waals surface area contributed by atoms with E-state index in [1.54, 1.807) is 0 Å². The summed E-state index contributed by atoms with van der Waals surface area (Å²) < 4.78 is 1.02. The maximum absolute atomic E-state index is 11.2. The monoisotopic (exact) mass is 331 g/mol. The van der Waals surface area contributed by atoms with Crippen molar-refractivity contribution in [3.63, 3.8) is 0 Å². The standard InChI is InChI=1S/C15H14BrN3O/c16-12-3-1-2-11(10-12)14-4-5-15(18-17-14)19-8-6-13(20)7-9-19/h1-5,10H,6-9H2. The highest BCUT2D eigenvalue weighted by Gasteiger charge is 2.17. The number of aromatic nitrogens is 2. The topological polar surface area (TPSA) is 46.1 Å².